The summed E-state index contributed by atoms with van der Waals surface area (Å²) >= 11 is 0. The molecule has 13 heavy (non-hydrogen) atoms. The van der Waals surface area contributed by atoms with E-state index in [0.717, 1.165) is 32.7 Å². The molecule has 0 spiro atoms. The SMILES string of the molecule is CC1CN=C(C2=NCCCO2)OC1. The Morgan fingerprint density at radius 2 is 2.08 bits per heavy atom. The van der Waals surface area contributed by atoms with Crippen LogP contribution in [0.3, 0.4) is 0 Å². The summed E-state index contributed by atoms with van der Waals surface area (Å²) in [5.41, 5.74) is 0. The highest BCUT2D eigenvalue weighted by Gasteiger charge is 2.20. The summed E-state index contributed by atoms with van der Waals surface area (Å²) in [6, 6.07) is 0. The maximum absolute atomic E-state index is 5.42. The predicted molar refractivity (Wildman–Crippen MR) is 50.3 cm³/mol. The molecule has 1 atom stereocenters. The van der Waals surface area contributed by atoms with Crippen LogP contribution in [0.1, 0.15) is 13.3 Å². The van der Waals surface area contributed by atoms with Crippen molar-refractivity contribution in [3.05, 3.63) is 0 Å². The molecule has 0 fully saturated rings. The second-order valence-electron chi connectivity index (χ2n) is 3.45. The summed E-state index contributed by atoms with van der Waals surface area (Å²) in [5, 5.41) is 0. The van der Waals surface area contributed by atoms with Crippen LogP contribution in [-0.4, -0.2) is 38.1 Å². The van der Waals surface area contributed by atoms with Crippen LogP contribution in [-0.2, 0) is 9.47 Å². The second kappa shape index (κ2) is 3.77. The maximum Gasteiger partial charge on any atom is 0.273 e. The Morgan fingerprint density at radius 1 is 1.23 bits per heavy atom. The van der Waals surface area contributed by atoms with Gasteiger partial charge in [0.2, 0.25) is 0 Å². The van der Waals surface area contributed by atoms with E-state index in [4.69, 9.17) is 9.47 Å². The Bertz CT molecular complexity index is 248. The molecule has 2 heterocycles. The number of nitrogens with zero attached hydrogens (tertiary/aromatic N) is 2. The van der Waals surface area contributed by atoms with Crippen LogP contribution in [0.4, 0.5) is 0 Å². The maximum atomic E-state index is 5.42. The van der Waals surface area contributed by atoms with Gasteiger partial charge < -0.3 is 9.47 Å². The number of ether oxygens (including phenoxy) is 2. The summed E-state index contributed by atoms with van der Waals surface area (Å²) in [6.45, 7) is 5.22. The van der Waals surface area contributed by atoms with Gasteiger partial charge in [-0.25, -0.2) is 9.98 Å². The lowest BCUT2D eigenvalue weighted by molar-refractivity contribution is 0.219. The minimum absolute atomic E-state index is 0.507. The van der Waals surface area contributed by atoms with E-state index in [-0.39, 0.29) is 0 Å². The van der Waals surface area contributed by atoms with Gasteiger partial charge >= 0.3 is 0 Å². The Balaban J connectivity index is 2.03. The van der Waals surface area contributed by atoms with E-state index in [1.165, 1.54) is 0 Å². The van der Waals surface area contributed by atoms with Crippen LogP contribution in [0.5, 0.6) is 0 Å². The second-order valence-corrected chi connectivity index (χ2v) is 3.45. The van der Waals surface area contributed by atoms with Crippen LogP contribution in [0.25, 0.3) is 0 Å². The first-order valence-electron chi connectivity index (χ1n) is 4.71. The monoisotopic (exact) mass is 182 g/mol. The van der Waals surface area contributed by atoms with Crippen molar-refractivity contribution in [2.45, 2.75) is 13.3 Å². The van der Waals surface area contributed by atoms with E-state index in [1.54, 1.807) is 0 Å². The quantitative estimate of drug-likeness (QED) is 0.604. The zero-order valence-electron chi connectivity index (χ0n) is 7.82. The molecule has 0 saturated heterocycles. The van der Waals surface area contributed by atoms with Crippen LogP contribution in [0.2, 0.25) is 0 Å². The lowest BCUT2D eigenvalue weighted by atomic mass is 10.2. The standard InChI is InChI=1S/C9H14N2O2/c1-7-5-11-9(13-6-7)8-10-3-2-4-12-8/h7H,2-6H2,1H3. The average Bonchev–Trinajstić information content (AvgIpc) is 2.20. The fourth-order valence-electron chi connectivity index (χ4n) is 1.28. The molecule has 0 aromatic rings. The molecular weight excluding hydrogens is 168 g/mol. The first-order valence-corrected chi connectivity index (χ1v) is 4.71. The van der Waals surface area contributed by atoms with E-state index in [1.807, 2.05) is 0 Å². The van der Waals surface area contributed by atoms with Gasteiger partial charge in [-0.3, -0.25) is 0 Å². The molecule has 0 radical (unpaired) electrons. The molecule has 72 valence electrons. The average molecular weight is 182 g/mol. The molecule has 0 aromatic heterocycles. The van der Waals surface area contributed by atoms with Gasteiger partial charge in [0.25, 0.3) is 11.8 Å². The van der Waals surface area contributed by atoms with Crippen molar-refractivity contribution >= 4 is 11.8 Å². The Labute approximate surface area is 77.7 Å². The highest BCUT2D eigenvalue weighted by Crippen LogP contribution is 2.08. The lowest BCUT2D eigenvalue weighted by Crippen LogP contribution is -2.31. The van der Waals surface area contributed by atoms with Crippen molar-refractivity contribution in [3.8, 4) is 0 Å². The molecule has 0 amide bonds. The largest absolute Gasteiger partial charge is 0.474 e. The van der Waals surface area contributed by atoms with Crippen molar-refractivity contribution in [3.63, 3.8) is 0 Å². The van der Waals surface area contributed by atoms with Gasteiger partial charge in [-0.1, -0.05) is 6.92 Å². The van der Waals surface area contributed by atoms with E-state index in [2.05, 4.69) is 16.9 Å². The van der Waals surface area contributed by atoms with Gasteiger partial charge in [0.05, 0.1) is 13.2 Å². The van der Waals surface area contributed by atoms with Gasteiger partial charge in [-0.2, -0.15) is 0 Å². The summed E-state index contributed by atoms with van der Waals surface area (Å²) < 4.78 is 10.8. The minimum Gasteiger partial charge on any atom is -0.474 e. The van der Waals surface area contributed by atoms with Crippen LogP contribution >= 0.6 is 0 Å². The fraction of sp³-hybridized carbons (Fsp3) is 0.778. The van der Waals surface area contributed by atoms with E-state index in [9.17, 15) is 0 Å². The van der Waals surface area contributed by atoms with Crippen LogP contribution in [0.15, 0.2) is 9.98 Å². The van der Waals surface area contributed by atoms with Crippen molar-refractivity contribution < 1.29 is 9.47 Å². The molecule has 0 aromatic carbocycles. The van der Waals surface area contributed by atoms with Crippen molar-refractivity contribution in [2.75, 3.05) is 26.3 Å². The molecule has 2 rings (SSSR count). The first kappa shape index (κ1) is 8.53. The lowest BCUT2D eigenvalue weighted by Gasteiger charge is -2.21. The molecule has 0 bridgehead atoms. The van der Waals surface area contributed by atoms with E-state index >= 15 is 0 Å². The fourth-order valence-corrected chi connectivity index (χ4v) is 1.28. The summed E-state index contributed by atoms with van der Waals surface area (Å²) in [5.74, 6) is 1.70. The highest BCUT2D eigenvalue weighted by atomic mass is 16.5. The molecule has 1 unspecified atom stereocenters. The molecular formula is C9H14N2O2. The number of aliphatic imine (C=N–C) groups is 2. The Hall–Kier alpha value is -1.06. The molecule has 0 aliphatic carbocycles. The molecule has 0 saturated carbocycles. The number of hydrogen-bond donors (Lipinski definition) is 0. The van der Waals surface area contributed by atoms with Crippen molar-refractivity contribution in [1.29, 1.82) is 0 Å². The van der Waals surface area contributed by atoms with E-state index in [0.29, 0.717) is 17.7 Å². The van der Waals surface area contributed by atoms with E-state index < -0.39 is 0 Å². The zero-order chi connectivity index (χ0) is 9.10. The van der Waals surface area contributed by atoms with Gasteiger partial charge in [0.1, 0.15) is 0 Å². The molecule has 4 nitrogen and oxygen atoms in total. The van der Waals surface area contributed by atoms with Crippen molar-refractivity contribution in [2.24, 2.45) is 15.9 Å². The summed E-state index contributed by atoms with van der Waals surface area (Å²) in [7, 11) is 0. The number of hydrogen-bond acceptors (Lipinski definition) is 4. The zero-order valence-corrected chi connectivity index (χ0v) is 7.82. The molecule has 2 aliphatic heterocycles. The third-order valence-electron chi connectivity index (χ3n) is 2.03. The van der Waals surface area contributed by atoms with Gasteiger partial charge in [0.15, 0.2) is 0 Å². The first-order chi connectivity index (χ1) is 6.36. The van der Waals surface area contributed by atoms with Gasteiger partial charge in [-0.15, -0.1) is 0 Å². The molecule has 2 aliphatic rings. The number of rotatable bonds is 1. The third-order valence-corrected chi connectivity index (χ3v) is 2.03. The Kier molecular flexibility index (Phi) is 2.47. The molecule has 0 N–H and O–H groups in total. The van der Waals surface area contributed by atoms with Gasteiger partial charge in [-0.05, 0) is 0 Å². The minimum atomic E-state index is 0.507. The summed E-state index contributed by atoms with van der Waals surface area (Å²) in [6.07, 6.45) is 0.993. The van der Waals surface area contributed by atoms with Crippen LogP contribution in [0, 0.1) is 5.92 Å². The third kappa shape index (κ3) is 1.99. The van der Waals surface area contributed by atoms with Crippen molar-refractivity contribution in [1.82, 2.24) is 0 Å². The predicted octanol–water partition coefficient (Wildman–Crippen LogP) is 0.870. The van der Waals surface area contributed by atoms with Gasteiger partial charge in [0, 0.05) is 25.4 Å². The normalized spacial score (nSPS) is 28.2. The topological polar surface area (TPSA) is 43.2 Å². The molecule has 4 heteroatoms. The highest BCUT2D eigenvalue weighted by molar-refractivity contribution is 6.35. The van der Waals surface area contributed by atoms with Crippen LogP contribution < -0.4 is 0 Å². The smallest absolute Gasteiger partial charge is 0.273 e. The summed E-state index contributed by atoms with van der Waals surface area (Å²) in [4.78, 5) is 8.49. The Morgan fingerprint density at radius 3 is 2.69 bits per heavy atom.